The van der Waals surface area contributed by atoms with E-state index in [9.17, 15) is 18.3 Å². The third kappa shape index (κ3) is 2.07. The minimum atomic E-state index is -3.89. The van der Waals surface area contributed by atoms with Gasteiger partial charge in [-0.25, -0.2) is 22.2 Å². The number of benzene rings is 1. The fraction of sp³-hybridized carbons (Fsp3) is 0. The molecule has 2 aromatic heterocycles. The number of pyridine rings is 1. The fourth-order valence-corrected chi connectivity index (χ4v) is 3.44. The Hall–Kier alpha value is -2.67. The number of aromatic nitrogens is 2. The van der Waals surface area contributed by atoms with Crippen molar-refractivity contribution in [1.29, 1.82) is 0 Å². The summed E-state index contributed by atoms with van der Waals surface area (Å²) < 4.78 is 26.1. The highest BCUT2D eigenvalue weighted by Crippen LogP contribution is 2.24. The molecule has 7 heteroatoms. The Balaban J connectivity index is 2.34. The SMILES string of the molecule is O=C(O)c1cn(S(=O)(=O)c2ccccc2)c2ncccc12. The Bertz CT molecular complexity index is 930. The molecule has 0 unspecified atom stereocenters. The van der Waals surface area contributed by atoms with Crippen molar-refractivity contribution in [3.05, 3.63) is 60.4 Å². The number of aromatic carboxylic acids is 1. The van der Waals surface area contributed by atoms with Crippen LogP contribution in [0.2, 0.25) is 0 Å². The number of fused-ring (bicyclic) bond motifs is 1. The molecule has 0 bridgehead atoms. The predicted octanol–water partition coefficient (Wildman–Crippen LogP) is 1.97. The van der Waals surface area contributed by atoms with Crippen molar-refractivity contribution in [3.63, 3.8) is 0 Å². The van der Waals surface area contributed by atoms with Crippen LogP contribution in [0.5, 0.6) is 0 Å². The normalized spacial score (nSPS) is 11.6. The van der Waals surface area contributed by atoms with E-state index in [4.69, 9.17) is 0 Å². The lowest BCUT2D eigenvalue weighted by Gasteiger charge is -2.06. The van der Waals surface area contributed by atoms with Gasteiger partial charge in [-0.3, -0.25) is 0 Å². The Kier molecular flexibility index (Phi) is 2.99. The van der Waals surface area contributed by atoms with Crippen LogP contribution in [0.3, 0.4) is 0 Å². The Morgan fingerprint density at radius 1 is 1.10 bits per heavy atom. The highest BCUT2D eigenvalue weighted by molar-refractivity contribution is 7.90. The third-order valence-corrected chi connectivity index (χ3v) is 4.73. The lowest BCUT2D eigenvalue weighted by atomic mass is 10.2. The van der Waals surface area contributed by atoms with Gasteiger partial charge in [0.2, 0.25) is 0 Å². The zero-order valence-corrected chi connectivity index (χ0v) is 11.5. The molecule has 3 rings (SSSR count). The van der Waals surface area contributed by atoms with Gasteiger partial charge < -0.3 is 5.11 Å². The van der Waals surface area contributed by atoms with Crippen molar-refractivity contribution in [2.45, 2.75) is 4.90 Å². The van der Waals surface area contributed by atoms with Crippen LogP contribution < -0.4 is 0 Å². The molecule has 0 radical (unpaired) electrons. The van der Waals surface area contributed by atoms with E-state index < -0.39 is 16.0 Å². The molecule has 0 saturated heterocycles. The molecular weight excluding hydrogens is 292 g/mol. The average Bonchev–Trinajstić information content (AvgIpc) is 2.88. The molecule has 0 saturated carbocycles. The lowest BCUT2D eigenvalue weighted by Crippen LogP contribution is -2.12. The molecule has 21 heavy (non-hydrogen) atoms. The number of carboxylic acid groups (broad SMARTS) is 1. The monoisotopic (exact) mass is 302 g/mol. The summed E-state index contributed by atoms with van der Waals surface area (Å²) in [6.07, 6.45) is 2.51. The second-order valence-electron chi connectivity index (χ2n) is 4.34. The first kappa shape index (κ1) is 13.3. The van der Waals surface area contributed by atoms with Crippen molar-refractivity contribution in [2.75, 3.05) is 0 Å². The first-order valence-corrected chi connectivity index (χ1v) is 7.46. The number of rotatable bonds is 3. The van der Waals surface area contributed by atoms with Gasteiger partial charge in [-0.05, 0) is 24.3 Å². The highest BCUT2D eigenvalue weighted by atomic mass is 32.2. The average molecular weight is 302 g/mol. The Labute approximate surface area is 120 Å². The first-order chi connectivity index (χ1) is 10.0. The second-order valence-corrected chi connectivity index (χ2v) is 6.15. The molecule has 0 amide bonds. The van der Waals surface area contributed by atoms with Gasteiger partial charge in [0, 0.05) is 17.8 Å². The number of hydrogen-bond acceptors (Lipinski definition) is 4. The molecule has 3 aromatic rings. The molecule has 1 aromatic carbocycles. The maximum atomic E-state index is 12.6. The van der Waals surface area contributed by atoms with Gasteiger partial charge in [-0.2, -0.15) is 0 Å². The summed E-state index contributed by atoms with van der Waals surface area (Å²) in [5.74, 6) is -1.20. The summed E-state index contributed by atoms with van der Waals surface area (Å²) in [4.78, 5) is 15.3. The fourth-order valence-electron chi connectivity index (χ4n) is 2.09. The molecule has 0 atom stereocenters. The van der Waals surface area contributed by atoms with Gasteiger partial charge in [-0.1, -0.05) is 18.2 Å². The number of carboxylic acids is 1. The molecule has 0 spiro atoms. The lowest BCUT2D eigenvalue weighted by molar-refractivity contribution is 0.0699. The summed E-state index contributed by atoms with van der Waals surface area (Å²) in [5.41, 5.74) is -0.00337. The van der Waals surface area contributed by atoms with Crippen LogP contribution in [0.4, 0.5) is 0 Å². The van der Waals surface area contributed by atoms with Gasteiger partial charge >= 0.3 is 5.97 Å². The molecule has 0 fully saturated rings. The summed E-state index contributed by atoms with van der Waals surface area (Å²) in [5, 5.41) is 9.48. The van der Waals surface area contributed by atoms with Crippen molar-refractivity contribution >= 4 is 27.0 Å². The van der Waals surface area contributed by atoms with Crippen LogP contribution in [0.25, 0.3) is 11.0 Å². The largest absolute Gasteiger partial charge is 0.478 e. The molecule has 0 aliphatic heterocycles. The first-order valence-electron chi connectivity index (χ1n) is 6.02. The molecule has 0 aliphatic rings. The minimum Gasteiger partial charge on any atom is -0.478 e. The van der Waals surface area contributed by atoms with E-state index in [0.29, 0.717) is 0 Å². The Morgan fingerprint density at radius 2 is 1.81 bits per heavy atom. The van der Waals surface area contributed by atoms with Crippen molar-refractivity contribution in [3.8, 4) is 0 Å². The smallest absolute Gasteiger partial charge is 0.337 e. The Morgan fingerprint density at radius 3 is 2.48 bits per heavy atom. The third-order valence-electron chi connectivity index (χ3n) is 3.06. The standard InChI is InChI=1S/C14H10N2O4S/c17-14(18)12-9-16(13-11(12)7-4-8-15-13)21(19,20)10-5-2-1-3-6-10/h1-9H,(H,17,18). The van der Waals surface area contributed by atoms with Crippen molar-refractivity contribution < 1.29 is 18.3 Å². The summed E-state index contributed by atoms with van der Waals surface area (Å²) in [6, 6.07) is 10.9. The molecule has 0 aliphatic carbocycles. The van der Waals surface area contributed by atoms with Gasteiger partial charge in [-0.15, -0.1) is 0 Å². The van der Waals surface area contributed by atoms with E-state index in [1.807, 2.05) is 0 Å². The zero-order valence-electron chi connectivity index (χ0n) is 10.7. The van der Waals surface area contributed by atoms with E-state index >= 15 is 0 Å². The molecule has 2 heterocycles. The van der Waals surface area contributed by atoms with Gasteiger partial charge in [0.25, 0.3) is 10.0 Å². The summed E-state index contributed by atoms with van der Waals surface area (Å²) in [6.45, 7) is 0. The van der Waals surface area contributed by atoms with Gasteiger partial charge in [0.15, 0.2) is 5.65 Å². The van der Waals surface area contributed by atoms with Gasteiger partial charge in [0.05, 0.1) is 10.5 Å². The van der Waals surface area contributed by atoms with E-state index in [-0.39, 0.29) is 21.5 Å². The van der Waals surface area contributed by atoms with Gasteiger partial charge in [0.1, 0.15) is 0 Å². The van der Waals surface area contributed by atoms with Crippen LogP contribution in [0.1, 0.15) is 10.4 Å². The quantitative estimate of drug-likeness (QED) is 0.799. The topological polar surface area (TPSA) is 89.3 Å². The molecule has 106 valence electrons. The maximum absolute atomic E-state index is 12.6. The molecule has 6 nitrogen and oxygen atoms in total. The van der Waals surface area contributed by atoms with Crippen LogP contribution in [-0.2, 0) is 10.0 Å². The molecule has 1 N–H and O–H groups in total. The van der Waals surface area contributed by atoms with E-state index in [0.717, 1.165) is 10.2 Å². The van der Waals surface area contributed by atoms with E-state index in [2.05, 4.69) is 4.98 Å². The van der Waals surface area contributed by atoms with Crippen LogP contribution in [-0.4, -0.2) is 28.5 Å². The minimum absolute atomic E-state index is 0.0736. The van der Waals surface area contributed by atoms with E-state index in [1.54, 1.807) is 24.3 Å². The van der Waals surface area contributed by atoms with Crippen LogP contribution >= 0.6 is 0 Å². The van der Waals surface area contributed by atoms with Crippen molar-refractivity contribution in [1.82, 2.24) is 8.96 Å². The maximum Gasteiger partial charge on any atom is 0.337 e. The summed E-state index contributed by atoms with van der Waals surface area (Å²) in [7, 11) is -3.89. The molecular formula is C14H10N2O4S. The highest BCUT2D eigenvalue weighted by Gasteiger charge is 2.23. The number of nitrogens with zero attached hydrogens (tertiary/aromatic N) is 2. The predicted molar refractivity (Wildman–Crippen MR) is 75.7 cm³/mol. The van der Waals surface area contributed by atoms with Crippen LogP contribution in [0, 0.1) is 0 Å². The summed E-state index contributed by atoms with van der Waals surface area (Å²) >= 11 is 0. The zero-order chi connectivity index (χ0) is 15.0. The number of hydrogen-bond donors (Lipinski definition) is 1. The van der Waals surface area contributed by atoms with E-state index in [1.165, 1.54) is 24.4 Å². The van der Waals surface area contributed by atoms with Crippen molar-refractivity contribution in [2.24, 2.45) is 0 Å². The number of carbonyl (C=O) groups is 1. The van der Waals surface area contributed by atoms with Crippen LogP contribution in [0.15, 0.2) is 59.8 Å². The second kappa shape index (κ2) is 4.71.